The van der Waals surface area contributed by atoms with E-state index in [1.165, 1.54) is 0 Å². The second-order valence-electron chi connectivity index (χ2n) is 3.40. The topological polar surface area (TPSA) is 60.4 Å². The van der Waals surface area contributed by atoms with Crippen LogP contribution < -0.4 is 4.74 Å². The molecule has 4 heteroatoms. The molecule has 0 aromatic heterocycles. The van der Waals surface area contributed by atoms with Gasteiger partial charge in [0.1, 0.15) is 12.0 Å². The molecule has 0 aliphatic carbocycles. The van der Waals surface area contributed by atoms with E-state index in [1.807, 2.05) is 6.92 Å². The lowest BCUT2D eigenvalue weighted by atomic mass is 9.94. The normalized spacial score (nSPS) is 19.4. The molecule has 0 fully saturated rings. The lowest BCUT2D eigenvalue weighted by molar-refractivity contribution is -0.139. The number of rotatable bonds is 1. The molecule has 4 nitrogen and oxygen atoms in total. The summed E-state index contributed by atoms with van der Waals surface area (Å²) in [7, 11) is 0. The molecule has 0 spiro atoms. The predicted octanol–water partition coefficient (Wildman–Crippen LogP) is 0.912. The molecule has 1 aromatic carbocycles. The van der Waals surface area contributed by atoms with E-state index in [9.17, 15) is 14.4 Å². The van der Waals surface area contributed by atoms with Crippen molar-refractivity contribution in [2.24, 2.45) is 5.92 Å². The van der Waals surface area contributed by atoms with Gasteiger partial charge < -0.3 is 9.53 Å². The number of esters is 1. The van der Waals surface area contributed by atoms with Gasteiger partial charge in [-0.2, -0.15) is 0 Å². The highest BCUT2D eigenvalue weighted by Crippen LogP contribution is 2.28. The molecule has 2 rings (SSSR count). The molecule has 0 saturated carbocycles. The van der Waals surface area contributed by atoms with Crippen molar-refractivity contribution >= 4 is 18.0 Å². The van der Waals surface area contributed by atoms with E-state index in [2.05, 4.69) is 0 Å². The summed E-state index contributed by atoms with van der Waals surface area (Å²) < 4.78 is 4.87. The van der Waals surface area contributed by atoms with E-state index < -0.39 is 17.7 Å². The minimum absolute atomic E-state index is 0.230. The highest BCUT2D eigenvalue weighted by molar-refractivity contribution is 6.21. The first-order valence-electron chi connectivity index (χ1n) is 4.45. The summed E-state index contributed by atoms with van der Waals surface area (Å²) in [5.41, 5.74) is 1.18. The first kappa shape index (κ1) is 9.58. The van der Waals surface area contributed by atoms with E-state index in [1.54, 1.807) is 18.2 Å². The van der Waals surface area contributed by atoms with Crippen LogP contribution in [0.25, 0.3) is 0 Å². The highest BCUT2D eigenvalue weighted by Gasteiger charge is 2.36. The van der Waals surface area contributed by atoms with E-state index >= 15 is 0 Å². The molecule has 0 bridgehead atoms. The van der Waals surface area contributed by atoms with Crippen molar-refractivity contribution in [1.29, 1.82) is 0 Å². The first-order chi connectivity index (χ1) is 7.13. The van der Waals surface area contributed by atoms with Gasteiger partial charge in [0.05, 0.1) is 5.56 Å². The van der Waals surface area contributed by atoms with Gasteiger partial charge in [-0.25, -0.2) is 0 Å². The third-order valence-corrected chi connectivity index (χ3v) is 2.28. The summed E-state index contributed by atoms with van der Waals surface area (Å²) in [5.74, 6) is -2.36. The van der Waals surface area contributed by atoms with Crippen molar-refractivity contribution in [3.05, 3.63) is 29.3 Å². The Morgan fingerprint density at radius 1 is 1.33 bits per heavy atom. The SMILES string of the molecule is Cc1ccc2c(c1)C(=O)[C@H](C=O)C(=O)O2. The molecule has 76 valence electrons. The van der Waals surface area contributed by atoms with Crippen LogP contribution in [0.15, 0.2) is 18.2 Å². The molecule has 1 atom stereocenters. The number of aryl methyl sites for hydroxylation is 1. The maximum atomic E-state index is 11.7. The molecule has 0 amide bonds. The molecule has 0 unspecified atom stereocenters. The second-order valence-corrected chi connectivity index (χ2v) is 3.40. The second kappa shape index (κ2) is 3.31. The maximum absolute atomic E-state index is 11.7. The number of Topliss-reactive ketones (excluding diaryl/α,β-unsaturated/α-hetero) is 1. The molecular weight excluding hydrogens is 196 g/mol. The number of aldehydes is 1. The zero-order valence-corrected chi connectivity index (χ0v) is 8.02. The number of carbonyl (C=O) groups is 3. The molecule has 1 heterocycles. The predicted molar refractivity (Wildman–Crippen MR) is 50.7 cm³/mol. The summed E-state index contributed by atoms with van der Waals surface area (Å²) >= 11 is 0. The molecule has 0 N–H and O–H groups in total. The zero-order valence-electron chi connectivity index (χ0n) is 8.02. The average Bonchev–Trinajstić information content (AvgIpc) is 2.20. The zero-order chi connectivity index (χ0) is 11.0. The number of hydrogen-bond acceptors (Lipinski definition) is 4. The van der Waals surface area contributed by atoms with Crippen LogP contribution in [-0.2, 0) is 9.59 Å². The molecule has 1 aliphatic rings. The Labute approximate surface area is 85.8 Å². The van der Waals surface area contributed by atoms with Crippen LogP contribution in [0.3, 0.4) is 0 Å². The Balaban J connectivity index is 2.56. The quantitative estimate of drug-likeness (QED) is 0.295. The molecule has 0 radical (unpaired) electrons. The first-order valence-corrected chi connectivity index (χ1v) is 4.45. The number of hydrogen-bond donors (Lipinski definition) is 0. The minimum atomic E-state index is -1.31. The van der Waals surface area contributed by atoms with Gasteiger partial charge in [0.15, 0.2) is 11.7 Å². The van der Waals surface area contributed by atoms with E-state index in [0.717, 1.165) is 5.56 Å². The Kier molecular flexibility index (Phi) is 2.11. The average molecular weight is 204 g/mol. The fourth-order valence-corrected chi connectivity index (χ4v) is 1.49. The minimum Gasteiger partial charge on any atom is -0.425 e. The van der Waals surface area contributed by atoms with Gasteiger partial charge in [0.25, 0.3) is 0 Å². The van der Waals surface area contributed by atoms with Crippen LogP contribution >= 0.6 is 0 Å². The van der Waals surface area contributed by atoms with Crippen LogP contribution in [-0.4, -0.2) is 18.0 Å². The number of fused-ring (bicyclic) bond motifs is 1. The summed E-state index contributed by atoms with van der Waals surface area (Å²) in [6.07, 6.45) is 0.315. The van der Waals surface area contributed by atoms with E-state index in [0.29, 0.717) is 11.8 Å². The van der Waals surface area contributed by atoms with Crippen LogP contribution in [0.2, 0.25) is 0 Å². The van der Waals surface area contributed by atoms with Gasteiger partial charge in [-0.3, -0.25) is 9.59 Å². The van der Waals surface area contributed by atoms with Gasteiger partial charge in [-0.15, -0.1) is 0 Å². The summed E-state index contributed by atoms with van der Waals surface area (Å²) in [4.78, 5) is 33.4. The van der Waals surface area contributed by atoms with Crippen molar-refractivity contribution in [3.63, 3.8) is 0 Å². The number of benzene rings is 1. The fraction of sp³-hybridized carbons (Fsp3) is 0.182. The van der Waals surface area contributed by atoms with E-state index in [4.69, 9.17) is 4.74 Å². The number of ketones is 1. The third-order valence-electron chi connectivity index (χ3n) is 2.28. The smallest absolute Gasteiger partial charge is 0.329 e. The van der Waals surface area contributed by atoms with Crippen molar-refractivity contribution in [3.8, 4) is 5.75 Å². The third kappa shape index (κ3) is 1.44. The number of carbonyl (C=O) groups excluding carboxylic acids is 3. The van der Waals surface area contributed by atoms with E-state index in [-0.39, 0.29) is 5.75 Å². The van der Waals surface area contributed by atoms with Crippen molar-refractivity contribution in [2.75, 3.05) is 0 Å². The standard InChI is InChI=1S/C11H8O4/c1-6-2-3-9-7(4-6)10(13)8(5-12)11(14)15-9/h2-5,8H,1H3/t8-/m0/s1. The largest absolute Gasteiger partial charge is 0.425 e. The highest BCUT2D eigenvalue weighted by atomic mass is 16.5. The molecular formula is C11H8O4. The van der Waals surface area contributed by atoms with Gasteiger partial charge >= 0.3 is 5.97 Å². The van der Waals surface area contributed by atoms with Gasteiger partial charge in [-0.1, -0.05) is 11.6 Å². The van der Waals surface area contributed by atoms with Gasteiger partial charge in [-0.05, 0) is 19.1 Å². The van der Waals surface area contributed by atoms with Crippen LogP contribution in [0.4, 0.5) is 0 Å². The van der Waals surface area contributed by atoms with Gasteiger partial charge in [0.2, 0.25) is 0 Å². The summed E-state index contributed by atoms with van der Waals surface area (Å²) in [6, 6.07) is 4.91. The molecule has 15 heavy (non-hydrogen) atoms. The van der Waals surface area contributed by atoms with Gasteiger partial charge in [0, 0.05) is 0 Å². The molecule has 1 aromatic rings. The maximum Gasteiger partial charge on any atom is 0.329 e. The van der Waals surface area contributed by atoms with Crippen LogP contribution in [0.1, 0.15) is 15.9 Å². The Morgan fingerprint density at radius 3 is 2.73 bits per heavy atom. The summed E-state index contributed by atoms with van der Waals surface area (Å²) in [5, 5.41) is 0. The number of ether oxygens (including phenoxy) is 1. The monoisotopic (exact) mass is 204 g/mol. The molecule has 0 saturated heterocycles. The Hall–Kier alpha value is -1.97. The molecule has 1 aliphatic heterocycles. The van der Waals surface area contributed by atoms with Crippen molar-refractivity contribution < 1.29 is 19.1 Å². The Morgan fingerprint density at radius 2 is 2.07 bits per heavy atom. The lowest BCUT2D eigenvalue weighted by Crippen LogP contribution is -2.34. The van der Waals surface area contributed by atoms with Crippen LogP contribution in [0, 0.1) is 12.8 Å². The summed E-state index contributed by atoms with van der Waals surface area (Å²) in [6.45, 7) is 1.82. The Bertz CT molecular complexity index is 462. The fourth-order valence-electron chi connectivity index (χ4n) is 1.49. The van der Waals surface area contributed by atoms with Crippen LogP contribution in [0.5, 0.6) is 5.75 Å². The van der Waals surface area contributed by atoms with Crippen molar-refractivity contribution in [2.45, 2.75) is 6.92 Å². The lowest BCUT2D eigenvalue weighted by Gasteiger charge is -2.18. The van der Waals surface area contributed by atoms with Crippen molar-refractivity contribution in [1.82, 2.24) is 0 Å².